The minimum Gasteiger partial charge on any atom is -0.618 e. The van der Waals surface area contributed by atoms with Gasteiger partial charge in [-0.15, -0.1) is 0 Å². The smallest absolute Gasteiger partial charge is 0.224 e. The predicted molar refractivity (Wildman–Crippen MR) is 76.3 cm³/mol. The van der Waals surface area contributed by atoms with Crippen molar-refractivity contribution in [3.05, 3.63) is 84.1 Å². The highest BCUT2D eigenvalue weighted by Crippen LogP contribution is 2.20. The highest BCUT2D eigenvalue weighted by Gasteiger charge is 2.13. The van der Waals surface area contributed by atoms with E-state index in [1.54, 1.807) is 0 Å². The normalized spacial score (nSPS) is 10.3. The summed E-state index contributed by atoms with van der Waals surface area (Å²) in [5.41, 5.74) is 3.19. The van der Waals surface area contributed by atoms with E-state index in [0.29, 0.717) is 11.4 Å². The van der Waals surface area contributed by atoms with Crippen molar-refractivity contribution < 1.29 is 4.73 Å². The summed E-state index contributed by atoms with van der Waals surface area (Å²) in [5.74, 6) is 0. The topological polar surface area (TPSA) is 26.9 Å². The van der Waals surface area contributed by atoms with Gasteiger partial charge in [0.25, 0.3) is 0 Å². The number of hydrogen-bond donors (Lipinski definition) is 0. The molecular formula is C17H13NO. The van der Waals surface area contributed by atoms with Crippen LogP contribution in [0.2, 0.25) is 0 Å². The minimum atomic E-state index is 0.668. The summed E-state index contributed by atoms with van der Waals surface area (Å²) in [4.78, 5) is 0. The number of rotatable bonds is 2. The lowest BCUT2D eigenvalue weighted by atomic mass is 10.1. The molecule has 0 aliphatic heterocycles. The summed E-state index contributed by atoms with van der Waals surface area (Å²) in [5, 5.41) is 12.5. The summed E-state index contributed by atoms with van der Waals surface area (Å²) in [6.07, 6.45) is 0. The van der Waals surface area contributed by atoms with E-state index in [-0.39, 0.29) is 0 Å². The Kier molecular flexibility index (Phi) is 2.99. The van der Waals surface area contributed by atoms with Crippen molar-refractivity contribution in [1.29, 1.82) is 0 Å². The molecule has 2 heteroatoms. The lowest BCUT2D eigenvalue weighted by Gasteiger charge is -2.09. The third kappa shape index (κ3) is 2.20. The van der Waals surface area contributed by atoms with Gasteiger partial charge in [-0.3, -0.25) is 0 Å². The van der Waals surface area contributed by atoms with Crippen LogP contribution in [0.4, 0.5) is 0 Å². The number of aromatic nitrogens is 1. The zero-order valence-electron chi connectivity index (χ0n) is 10.4. The van der Waals surface area contributed by atoms with Crippen LogP contribution in [0.25, 0.3) is 22.5 Å². The molecule has 0 bridgehead atoms. The van der Waals surface area contributed by atoms with Crippen LogP contribution < -0.4 is 4.73 Å². The van der Waals surface area contributed by atoms with Crippen molar-refractivity contribution in [2.75, 3.05) is 0 Å². The van der Waals surface area contributed by atoms with Gasteiger partial charge in [0.2, 0.25) is 11.4 Å². The van der Waals surface area contributed by atoms with E-state index in [1.807, 2.05) is 78.9 Å². The van der Waals surface area contributed by atoms with Crippen LogP contribution in [0, 0.1) is 5.21 Å². The van der Waals surface area contributed by atoms with E-state index in [1.165, 1.54) is 0 Å². The Morgan fingerprint density at radius 3 is 1.37 bits per heavy atom. The summed E-state index contributed by atoms with van der Waals surface area (Å²) >= 11 is 0. The molecule has 0 saturated carbocycles. The Bertz CT molecular complexity index is 620. The quantitative estimate of drug-likeness (QED) is 0.501. The first-order chi connectivity index (χ1) is 9.36. The molecule has 2 nitrogen and oxygen atoms in total. The second kappa shape index (κ2) is 4.94. The van der Waals surface area contributed by atoms with Gasteiger partial charge in [0, 0.05) is 23.3 Å². The van der Waals surface area contributed by atoms with Gasteiger partial charge in [0.15, 0.2) is 0 Å². The summed E-state index contributed by atoms with van der Waals surface area (Å²) in [6.45, 7) is 0. The summed E-state index contributed by atoms with van der Waals surface area (Å²) in [7, 11) is 0. The maximum Gasteiger partial charge on any atom is 0.224 e. The van der Waals surface area contributed by atoms with Gasteiger partial charge in [-0.1, -0.05) is 36.4 Å². The van der Waals surface area contributed by atoms with Crippen LogP contribution in [0.3, 0.4) is 0 Å². The molecule has 1 aromatic heterocycles. The first-order valence-electron chi connectivity index (χ1n) is 6.20. The van der Waals surface area contributed by atoms with Crippen molar-refractivity contribution in [3.63, 3.8) is 0 Å². The van der Waals surface area contributed by atoms with Gasteiger partial charge >= 0.3 is 0 Å². The van der Waals surface area contributed by atoms with E-state index in [0.717, 1.165) is 15.9 Å². The molecule has 0 radical (unpaired) electrons. The number of nitrogens with zero attached hydrogens (tertiary/aromatic N) is 1. The molecule has 3 aromatic rings. The van der Waals surface area contributed by atoms with Gasteiger partial charge in [-0.05, 0) is 30.3 Å². The molecular weight excluding hydrogens is 234 g/mol. The van der Waals surface area contributed by atoms with E-state index < -0.39 is 0 Å². The Morgan fingerprint density at radius 1 is 0.526 bits per heavy atom. The van der Waals surface area contributed by atoms with Gasteiger partial charge in [0.05, 0.1) is 0 Å². The molecule has 0 N–H and O–H groups in total. The third-order valence-electron chi connectivity index (χ3n) is 3.08. The van der Waals surface area contributed by atoms with Crippen LogP contribution in [-0.4, -0.2) is 0 Å². The zero-order chi connectivity index (χ0) is 13.1. The van der Waals surface area contributed by atoms with Crippen LogP contribution in [0.5, 0.6) is 0 Å². The standard InChI is InChI=1S/C17H13NO/c19-18-16(14-8-3-1-4-9-14)12-7-13-17(18)15-10-5-2-6-11-15/h1-13H. The van der Waals surface area contributed by atoms with Crippen molar-refractivity contribution in [2.24, 2.45) is 0 Å². The Balaban J connectivity index is 2.15. The average molecular weight is 247 g/mol. The van der Waals surface area contributed by atoms with Crippen molar-refractivity contribution in [1.82, 2.24) is 0 Å². The average Bonchev–Trinajstić information content (AvgIpc) is 2.49. The van der Waals surface area contributed by atoms with E-state index >= 15 is 0 Å². The van der Waals surface area contributed by atoms with Crippen LogP contribution in [0.15, 0.2) is 78.9 Å². The zero-order valence-corrected chi connectivity index (χ0v) is 10.4. The first-order valence-corrected chi connectivity index (χ1v) is 6.20. The fourth-order valence-electron chi connectivity index (χ4n) is 2.14. The maximum absolute atomic E-state index is 12.5. The first kappa shape index (κ1) is 11.5. The number of pyridine rings is 1. The maximum atomic E-state index is 12.5. The molecule has 19 heavy (non-hydrogen) atoms. The highest BCUT2D eigenvalue weighted by atomic mass is 16.5. The molecule has 0 atom stereocenters. The lowest BCUT2D eigenvalue weighted by Crippen LogP contribution is -2.31. The molecule has 0 aliphatic rings. The molecule has 92 valence electrons. The van der Waals surface area contributed by atoms with Crippen LogP contribution >= 0.6 is 0 Å². The largest absolute Gasteiger partial charge is 0.618 e. The van der Waals surface area contributed by atoms with Gasteiger partial charge in [0.1, 0.15) is 0 Å². The van der Waals surface area contributed by atoms with E-state index in [9.17, 15) is 5.21 Å². The Labute approximate surface area is 112 Å². The van der Waals surface area contributed by atoms with Crippen LogP contribution in [-0.2, 0) is 0 Å². The summed E-state index contributed by atoms with van der Waals surface area (Å²) < 4.78 is 0.991. The van der Waals surface area contributed by atoms with Crippen molar-refractivity contribution in [3.8, 4) is 22.5 Å². The van der Waals surface area contributed by atoms with Gasteiger partial charge in [-0.25, -0.2) is 0 Å². The molecule has 0 aliphatic carbocycles. The molecule has 3 rings (SSSR count). The fourth-order valence-corrected chi connectivity index (χ4v) is 2.14. The molecule has 2 aromatic carbocycles. The molecule has 0 spiro atoms. The summed E-state index contributed by atoms with van der Waals surface area (Å²) in [6, 6.07) is 25.0. The van der Waals surface area contributed by atoms with Gasteiger partial charge < -0.3 is 5.21 Å². The Morgan fingerprint density at radius 2 is 0.947 bits per heavy atom. The molecule has 0 fully saturated rings. The van der Waals surface area contributed by atoms with E-state index in [2.05, 4.69) is 0 Å². The minimum absolute atomic E-state index is 0.668. The van der Waals surface area contributed by atoms with Crippen molar-refractivity contribution >= 4 is 0 Å². The highest BCUT2D eigenvalue weighted by molar-refractivity contribution is 5.61. The second-order valence-corrected chi connectivity index (χ2v) is 4.32. The Hall–Kier alpha value is -2.61. The van der Waals surface area contributed by atoms with Crippen LogP contribution in [0.1, 0.15) is 0 Å². The van der Waals surface area contributed by atoms with Gasteiger partial charge in [-0.2, -0.15) is 4.73 Å². The molecule has 1 heterocycles. The predicted octanol–water partition coefficient (Wildman–Crippen LogP) is 3.65. The number of benzene rings is 2. The van der Waals surface area contributed by atoms with Crippen molar-refractivity contribution in [2.45, 2.75) is 0 Å². The number of hydrogen-bond acceptors (Lipinski definition) is 1. The molecule has 0 saturated heterocycles. The monoisotopic (exact) mass is 247 g/mol. The SMILES string of the molecule is [O-][n+]1c(-c2ccccc2)cccc1-c1ccccc1. The molecule has 0 amide bonds. The third-order valence-corrected chi connectivity index (χ3v) is 3.08. The fraction of sp³-hybridized carbons (Fsp3) is 0. The van der Waals surface area contributed by atoms with E-state index in [4.69, 9.17) is 0 Å². The molecule has 0 unspecified atom stereocenters. The second-order valence-electron chi connectivity index (χ2n) is 4.32. The lowest BCUT2D eigenvalue weighted by molar-refractivity contribution is -0.581.